The Labute approximate surface area is 128 Å². The standard InChI is InChI=1S/C18H24O2Si/c1-19-21(2,3)15-7-14-20-18-12-10-17(11-13-18)16-8-5-4-6-9-16/h4-6,8-13H,7,14-15H2,1-3H3. The molecule has 0 atom stereocenters. The van der Waals surface area contributed by atoms with Gasteiger partial charge in [0.25, 0.3) is 0 Å². The summed E-state index contributed by atoms with van der Waals surface area (Å²) in [5.41, 5.74) is 2.45. The van der Waals surface area contributed by atoms with E-state index in [4.69, 9.17) is 9.16 Å². The number of benzene rings is 2. The summed E-state index contributed by atoms with van der Waals surface area (Å²) < 4.78 is 11.3. The summed E-state index contributed by atoms with van der Waals surface area (Å²) in [6, 6.07) is 19.8. The van der Waals surface area contributed by atoms with Crippen LogP contribution in [-0.2, 0) is 4.43 Å². The fraction of sp³-hybridized carbons (Fsp3) is 0.333. The van der Waals surface area contributed by atoms with Crippen molar-refractivity contribution < 1.29 is 9.16 Å². The Morgan fingerprint density at radius 3 is 2.10 bits per heavy atom. The first-order valence-corrected chi connectivity index (χ1v) is 10.6. The Bertz CT molecular complexity index is 535. The molecule has 0 bridgehead atoms. The van der Waals surface area contributed by atoms with E-state index in [1.807, 2.05) is 25.3 Å². The zero-order valence-electron chi connectivity index (χ0n) is 13.1. The molecule has 0 aliphatic rings. The first-order valence-electron chi connectivity index (χ1n) is 7.44. The summed E-state index contributed by atoms with van der Waals surface area (Å²) >= 11 is 0. The first kappa shape index (κ1) is 15.8. The van der Waals surface area contributed by atoms with E-state index >= 15 is 0 Å². The number of ether oxygens (including phenoxy) is 1. The molecule has 2 aromatic rings. The molecule has 112 valence electrons. The minimum absolute atomic E-state index is 0.754. The maximum absolute atomic E-state index is 5.80. The zero-order valence-corrected chi connectivity index (χ0v) is 14.1. The van der Waals surface area contributed by atoms with Crippen LogP contribution in [0.5, 0.6) is 5.75 Å². The van der Waals surface area contributed by atoms with Gasteiger partial charge in [0.15, 0.2) is 8.32 Å². The van der Waals surface area contributed by atoms with Gasteiger partial charge in [-0.2, -0.15) is 0 Å². The second-order valence-corrected chi connectivity index (χ2v) is 10.2. The molecule has 0 saturated heterocycles. The van der Waals surface area contributed by atoms with Crippen LogP contribution >= 0.6 is 0 Å². The van der Waals surface area contributed by atoms with Crippen LogP contribution in [0.15, 0.2) is 54.6 Å². The second-order valence-electron chi connectivity index (χ2n) is 5.81. The lowest BCUT2D eigenvalue weighted by Gasteiger charge is -2.19. The molecule has 0 radical (unpaired) electrons. The lowest BCUT2D eigenvalue weighted by Crippen LogP contribution is -2.28. The Balaban J connectivity index is 1.83. The van der Waals surface area contributed by atoms with Crippen molar-refractivity contribution in [1.82, 2.24) is 0 Å². The molecule has 21 heavy (non-hydrogen) atoms. The lowest BCUT2D eigenvalue weighted by molar-refractivity contribution is 0.311. The van der Waals surface area contributed by atoms with Crippen LogP contribution < -0.4 is 4.74 Å². The molecule has 2 nitrogen and oxygen atoms in total. The smallest absolute Gasteiger partial charge is 0.186 e. The predicted molar refractivity (Wildman–Crippen MR) is 91.3 cm³/mol. The van der Waals surface area contributed by atoms with Crippen molar-refractivity contribution >= 4 is 8.32 Å². The van der Waals surface area contributed by atoms with E-state index in [1.165, 1.54) is 11.1 Å². The maximum Gasteiger partial charge on any atom is 0.186 e. The van der Waals surface area contributed by atoms with Gasteiger partial charge in [-0.05, 0) is 48.8 Å². The van der Waals surface area contributed by atoms with E-state index in [2.05, 4.69) is 49.5 Å². The van der Waals surface area contributed by atoms with Gasteiger partial charge in [-0.15, -0.1) is 0 Å². The highest BCUT2D eigenvalue weighted by atomic mass is 28.4. The summed E-state index contributed by atoms with van der Waals surface area (Å²) in [5.74, 6) is 0.937. The van der Waals surface area contributed by atoms with Crippen LogP contribution in [-0.4, -0.2) is 22.0 Å². The molecule has 0 aliphatic carbocycles. The molecule has 2 rings (SSSR count). The molecule has 0 N–H and O–H groups in total. The molecule has 0 saturated carbocycles. The number of hydrogen-bond donors (Lipinski definition) is 0. The lowest BCUT2D eigenvalue weighted by atomic mass is 10.1. The highest BCUT2D eigenvalue weighted by Crippen LogP contribution is 2.22. The molecule has 0 unspecified atom stereocenters. The van der Waals surface area contributed by atoms with Gasteiger partial charge < -0.3 is 9.16 Å². The summed E-state index contributed by atoms with van der Waals surface area (Å²) in [6.45, 7) is 5.23. The van der Waals surface area contributed by atoms with Crippen LogP contribution in [0.25, 0.3) is 11.1 Å². The van der Waals surface area contributed by atoms with E-state index in [0.717, 1.165) is 24.8 Å². The van der Waals surface area contributed by atoms with Crippen molar-refractivity contribution in [2.24, 2.45) is 0 Å². The summed E-state index contributed by atoms with van der Waals surface area (Å²) in [5, 5.41) is 0. The van der Waals surface area contributed by atoms with Crippen LogP contribution in [0.1, 0.15) is 6.42 Å². The Kier molecular flexibility index (Phi) is 5.59. The van der Waals surface area contributed by atoms with Gasteiger partial charge in [0.2, 0.25) is 0 Å². The average molecular weight is 300 g/mol. The Hall–Kier alpha value is -1.58. The van der Waals surface area contributed by atoms with Gasteiger partial charge in [0.1, 0.15) is 5.75 Å². The predicted octanol–water partition coefficient (Wildman–Crippen LogP) is 4.97. The molecule has 0 amide bonds. The monoisotopic (exact) mass is 300 g/mol. The van der Waals surface area contributed by atoms with Gasteiger partial charge in [0, 0.05) is 7.11 Å². The third-order valence-electron chi connectivity index (χ3n) is 3.71. The molecule has 0 heterocycles. The topological polar surface area (TPSA) is 18.5 Å². The second kappa shape index (κ2) is 7.43. The van der Waals surface area contributed by atoms with Gasteiger partial charge in [-0.25, -0.2) is 0 Å². The van der Waals surface area contributed by atoms with Gasteiger partial charge in [-0.1, -0.05) is 42.5 Å². The van der Waals surface area contributed by atoms with Crippen LogP contribution in [0, 0.1) is 0 Å². The fourth-order valence-corrected chi connectivity index (χ4v) is 3.36. The molecule has 0 aliphatic heterocycles. The summed E-state index contributed by atoms with van der Waals surface area (Å²) in [7, 11) is 0.366. The molecule has 2 aromatic carbocycles. The van der Waals surface area contributed by atoms with Crippen molar-refractivity contribution in [2.45, 2.75) is 25.6 Å². The zero-order chi connectivity index (χ0) is 15.1. The first-order chi connectivity index (χ1) is 10.1. The minimum atomic E-state index is -1.45. The Morgan fingerprint density at radius 1 is 0.857 bits per heavy atom. The Morgan fingerprint density at radius 2 is 1.48 bits per heavy atom. The SMILES string of the molecule is CO[Si](C)(C)CCCOc1ccc(-c2ccccc2)cc1. The van der Waals surface area contributed by atoms with E-state index in [0.29, 0.717) is 0 Å². The van der Waals surface area contributed by atoms with Crippen molar-refractivity contribution in [2.75, 3.05) is 13.7 Å². The van der Waals surface area contributed by atoms with Crippen molar-refractivity contribution in [3.8, 4) is 16.9 Å². The van der Waals surface area contributed by atoms with Crippen molar-refractivity contribution in [1.29, 1.82) is 0 Å². The van der Waals surface area contributed by atoms with Gasteiger partial charge in [-0.3, -0.25) is 0 Å². The van der Waals surface area contributed by atoms with E-state index in [9.17, 15) is 0 Å². The third kappa shape index (κ3) is 5.03. The van der Waals surface area contributed by atoms with E-state index < -0.39 is 8.32 Å². The van der Waals surface area contributed by atoms with E-state index in [1.54, 1.807) is 0 Å². The molecule has 3 heteroatoms. The largest absolute Gasteiger partial charge is 0.494 e. The van der Waals surface area contributed by atoms with Crippen molar-refractivity contribution in [3.63, 3.8) is 0 Å². The number of rotatable bonds is 7. The highest BCUT2D eigenvalue weighted by molar-refractivity contribution is 6.71. The molecular formula is C18H24O2Si. The number of hydrogen-bond acceptors (Lipinski definition) is 2. The molecular weight excluding hydrogens is 276 g/mol. The quantitative estimate of drug-likeness (QED) is 0.530. The van der Waals surface area contributed by atoms with Gasteiger partial charge >= 0.3 is 0 Å². The summed E-state index contributed by atoms with van der Waals surface area (Å²) in [6.07, 6.45) is 1.05. The third-order valence-corrected chi connectivity index (χ3v) is 6.37. The minimum Gasteiger partial charge on any atom is -0.494 e. The fourth-order valence-electron chi connectivity index (χ4n) is 2.16. The van der Waals surface area contributed by atoms with E-state index in [-0.39, 0.29) is 0 Å². The molecule has 0 fully saturated rings. The molecule has 0 aromatic heterocycles. The molecule has 0 spiro atoms. The van der Waals surface area contributed by atoms with Crippen molar-refractivity contribution in [3.05, 3.63) is 54.6 Å². The summed E-state index contributed by atoms with van der Waals surface area (Å²) in [4.78, 5) is 0. The van der Waals surface area contributed by atoms with Crippen LogP contribution in [0.2, 0.25) is 19.1 Å². The maximum atomic E-state index is 5.80. The van der Waals surface area contributed by atoms with Crippen LogP contribution in [0.4, 0.5) is 0 Å². The average Bonchev–Trinajstić information content (AvgIpc) is 2.53. The highest BCUT2D eigenvalue weighted by Gasteiger charge is 2.19. The van der Waals surface area contributed by atoms with Crippen LogP contribution in [0.3, 0.4) is 0 Å². The van der Waals surface area contributed by atoms with Gasteiger partial charge in [0.05, 0.1) is 6.61 Å². The normalized spacial score (nSPS) is 11.4.